The zero-order chi connectivity index (χ0) is 20.0. The van der Waals surface area contributed by atoms with Crippen LogP contribution in [-0.4, -0.2) is 11.7 Å². The molecule has 0 atom stereocenters. The van der Waals surface area contributed by atoms with Gasteiger partial charge in [-0.1, -0.05) is 26.0 Å². The van der Waals surface area contributed by atoms with E-state index in [1.165, 1.54) is 18.2 Å². The maximum Gasteiger partial charge on any atom is 0.429 e. The Bertz CT molecular complexity index is 791. The summed E-state index contributed by atoms with van der Waals surface area (Å²) in [7, 11) is 0. The first kappa shape index (κ1) is 20.7. The molecule has 27 heavy (non-hydrogen) atoms. The lowest BCUT2D eigenvalue weighted by Gasteiger charge is -2.20. The number of halogens is 3. The SMILES string of the molecule is C/C=C/COc1ccc(C(F)(F)Oc2cc(CC)c(O)c(CC)c2)c(F)c1. The van der Waals surface area contributed by atoms with Gasteiger partial charge in [-0.15, -0.1) is 0 Å². The Balaban J connectivity index is 2.28. The Kier molecular flexibility index (Phi) is 6.77. The third-order valence-electron chi connectivity index (χ3n) is 4.09. The van der Waals surface area contributed by atoms with Crippen LogP contribution in [0.2, 0.25) is 0 Å². The average Bonchev–Trinajstić information content (AvgIpc) is 2.62. The molecule has 1 N–H and O–H groups in total. The summed E-state index contributed by atoms with van der Waals surface area (Å²) in [6.07, 6.45) is 0.506. The minimum atomic E-state index is -3.88. The molecule has 0 saturated heterocycles. The van der Waals surface area contributed by atoms with Crippen molar-refractivity contribution in [3.8, 4) is 17.2 Å². The number of aromatic hydroxyl groups is 1. The molecule has 2 aromatic rings. The molecule has 2 aromatic carbocycles. The predicted molar refractivity (Wildman–Crippen MR) is 98.1 cm³/mol. The molecule has 6 heteroatoms. The first-order chi connectivity index (χ1) is 12.8. The molecule has 0 aliphatic rings. The molecule has 0 aliphatic carbocycles. The van der Waals surface area contributed by atoms with Crippen LogP contribution in [0, 0.1) is 5.82 Å². The number of rotatable bonds is 8. The van der Waals surface area contributed by atoms with Gasteiger partial charge in [-0.05, 0) is 55.2 Å². The lowest BCUT2D eigenvalue weighted by molar-refractivity contribution is -0.187. The van der Waals surface area contributed by atoms with Crippen molar-refractivity contribution >= 4 is 0 Å². The van der Waals surface area contributed by atoms with E-state index in [1.54, 1.807) is 26.0 Å². The standard InChI is InChI=1S/C21H23F3O3/c1-4-7-10-26-16-8-9-18(19(22)13-16)21(23,24)27-17-11-14(5-2)20(25)15(6-3)12-17/h4,7-9,11-13,25H,5-6,10H2,1-3H3/b7-4+. The van der Waals surface area contributed by atoms with Crippen LogP contribution in [0.15, 0.2) is 42.5 Å². The topological polar surface area (TPSA) is 38.7 Å². The number of aryl methyl sites for hydroxylation is 2. The van der Waals surface area contributed by atoms with Gasteiger partial charge < -0.3 is 14.6 Å². The lowest BCUT2D eigenvalue weighted by atomic mass is 10.0. The number of alkyl halides is 2. The monoisotopic (exact) mass is 380 g/mol. The Labute approximate surface area is 157 Å². The first-order valence-corrected chi connectivity index (χ1v) is 8.77. The number of phenols is 1. The molecule has 0 heterocycles. The van der Waals surface area contributed by atoms with Crippen molar-refractivity contribution in [2.24, 2.45) is 0 Å². The van der Waals surface area contributed by atoms with Crippen molar-refractivity contribution in [3.63, 3.8) is 0 Å². The number of ether oxygens (including phenoxy) is 2. The number of hydrogen-bond donors (Lipinski definition) is 1. The first-order valence-electron chi connectivity index (χ1n) is 8.77. The molecule has 0 unspecified atom stereocenters. The molecule has 0 radical (unpaired) electrons. The molecule has 0 spiro atoms. The van der Waals surface area contributed by atoms with Crippen LogP contribution >= 0.6 is 0 Å². The van der Waals surface area contributed by atoms with Gasteiger partial charge in [0, 0.05) is 6.07 Å². The van der Waals surface area contributed by atoms with E-state index in [-0.39, 0.29) is 23.9 Å². The van der Waals surface area contributed by atoms with Crippen LogP contribution in [0.25, 0.3) is 0 Å². The highest BCUT2D eigenvalue weighted by atomic mass is 19.3. The summed E-state index contributed by atoms with van der Waals surface area (Å²) in [5.74, 6) is -1.02. The molecule has 2 rings (SSSR count). The quantitative estimate of drug-likeness (QED) is 0.594. The highest BCUT2D eigenvalue weighted by Gasteiger charge is 2.38. The summed E-state index contributed by atoms with van der Waals surface area (Å²) in [6.45, 7) is 5.61. The minimum Gasteiger partial charge on any atom is -0.507 e. The number of hydrogen-bond acceptors (Lipinski definition) is 3. The minimum absolute atomic E-state index is 0.0736. The molecule has 146 valence electrons. The van der Waals surface area contributed by atoms with Gasteiger partial charge in [0.05, 0.1) is 0 Å². The lowest BCUT2D eigenvalue weighted by Crippen LogP contribution is -2.23. The third kappa shape index (κ3) is 4.96. The summed E-state index contributed by atoms with van der Waals surface area (Å²) in [4.78, 5) is 0. The summed E-state index contributed by atoms with van der Waals surface area (Å²) in [5.41, 5.74) is 0.103. The average molecular weight is 380 g/mol. The van der Waals surface area contributed by atoms with E-state index in [0.717, 1.165) is 12.1 Å². The van der Waals surface area contributed by atoms with E-state index < -0.39 is 17.5 Å². The molecule has 0 saturated carbocycles. The summed E-state index contributed by atoms with van der Waals surface area (Å²) in [6, 6.07) is 5.80. The van der Waals surface area contributed by atoms with Crippen LogP contribution < -0.4 is 9.47 Å². The Morgan fingerprint density at radius 1 is 1.04 bits per heavy atom. The molecular weight excluding hydrogens is 357 g/mol. The van der Waals surface area contributed by atoms with Gasteiger partial charge >= 0.3 is 6.11 Å². The zero-order valence-corrected chi connectivity index (χ0v) is 15.6. The van der Waals surface area contributed by atoms with Gasteiger partial charge in [0.25, 0.3) is 0 Å². The van der Waals surface area contributed by atoms with Crippen molar-refractivity contribution in [2.75, 3.05) is 6.61 Å². The fourth-order valence-electron chi connectivity index (χ4n) is 2.59. The summed E-state index contributed by atoms with van der Waals surface area (Å²) in [5, 5.41) is 10.1. The van der Waals surface area contributed by atoms with Crippen LogP contribution in [0.3, 0.4) is 0 Å². The highest BCUT2D eigenvalue weighted by Crippen LogP contribution is 2.37. The molecule has 0 bridgehead atoms. The fraction of sp³-hybridized carbons (Fsp3) is 0.333. The van der Waals surface area contributed by atoms with Crippen molar-refractivity contribution in [1.82, 2.24) is 0 Å². The van der Waals surface area contributed by atoms with Gasteiger partial charge in [0.1, 0.15) is 35.2 Å². The van der Waals surface area contributed by atoms with E-state index in [0.29, 0.717) is 24.0 Å². The van der Waals surface area contributed by atoms with Crippen LogP contribution in [0.1, 0.15) is 37.5 Å². The third-order valence-corrected chi connectivity index (χ3v) is 4.09. The van der Waals surface area contributed by atoms with Crippen LogP contribution in [-0.2, 0) is 19.0 Å². The number of allylic oxidation sites excluding steroid dienone is 1. The largest absolute Gasteiger partial charge is 0.507 e. The maximum absolute atomic E-state index is 14.5. The van der Waals surface area contributed by atoms with E-state index in [4.69, 9.17) is 9.47 Å². The van der Waals surface area contributed by atoms with E-state index >= 15 is 0 Å². The Morgan fingerprint density at radius 2 is 1.67 bits per heavy atom. The smallest absolute Gasteiger partial charge is 0.429 e. The summed E-state index contributed by atoms with van der Waals surface area (Å²) < 4.78 is 53.3. The van der Waals surface area contributed by atoms with Crippen molar-refractivity contribution in [2.45, 2.75) is 39.7 Å². The zero-order valence-electron chi connectivity index (χ0n) is 15.6. The van der Waals surface area contributed by atoms with Gasteiger partial charge in [-0.2, -0.15) is 8.78 Å². The molecular formula is C21H23F3O3. The molecule has 0 aromatic heterocycles. The van der Waals surface area contributed by atoms with Crippen molar-refractivity contribution in [3.05, 3.63) is 65.0 Å². The fourth-order valence-corrected chi connectivity index (χ4v) is 2.59. The van der Waals surface area contributed by atoms with Gasteiger partial charge in [-0.25, -0.2) is 4.39 Å². The van der Waals surface area contributed by atoms with E-state index in [1.807, 2.05) is 6.92 Å². The Hall–Kier alpha value is -2.63. The second-order valence-electron chi connectivity index (χ2n) is 5.94. The number of benzene rings is 2. The molecule has 0 amide bonds. The van der Waals surface area contributed by atoms with Crippen LogP contribution in [0.4, 0.5) is 13.2 Å². The second kappa shape index (κ2) is 8.84. The predicted octanol–water partition coefficient (Wildman–Crippen LogP) is 5.74. The Morgan fingerprint density at radius 3 is 2.19 bits per heavy atom. The van der Waals surface area contributed by atoms with Gasteiger partial charge in [0.2, 0.25) is 0 Å². The van der Waals surface area contributed by atoms with Gasteiger partial charge in [-0.3, -0.25) is 0 Å². The van der Waals surface area contributed by atoms with E-state index in [9.17, 15) is 18.3 Å². The number of phenolic OH excluding ortho intramolecular Hbond substituents is 1. The van der Waals surface area contributed by atoms with Crippen LogP contribution in [0.5, 0.6) is 17.2 Å². The second-order valence-corrected chi connectivity index (χ2v) is 5.94. The molecule has 3 nitrogen and oxygen atoms in total. The van der Waals surface area contributed by atoms with E-state index in [2.05, 4.69) is 0 Å². The molecule has 0 aliphatic heterocycles. The summed E-state index contributed by atoms with van der Waals surface area (Å²) >= 11 is 0. The maximum atomic E-state index is 14.5. The van der Waals surface area contributed by atoms with Crippen molar-refractivity contribution in [1.29, 1.82) is 0 Å². The van der Waals surface area contributed by atoms with Crippen molar-refractivity contribution < 1.29 is 27.8 Å². The van der Waals surface area contributed by atoms with Gasteiger partial charge in [0.15, 0.2) is 0 Å². The highest BCUT2D eigenvalue weighted by molar-refractivity contribution is 5.46. The molecule has 0 fully saturated rings. The normalized spacial score (nSPS) is 11.8.